The lowest BCUT2D eigenvalue weighted by atomic mass is 9.98. The zero-order valence-corrected chi connectivity index (χ0v) is 13.5. The van der Waals surface area contributed by atoms with Gasteiger partial charge in [-0.3, -0.25) is 0 Å². The van der Waals surface area contributed by atoms with Crippen LogP contribution in [0.15, 0.2) is 42.5 Å². The molecule has 0 aromatic heterocycles. The molecule has 1 unspecified atom stereocenters. The first-order chi connectivity index (χ1) is 9.10. The van der Waals surface area contributed by atoms with E-state index < -0.39 is 0 Å². The van der Waals surface area contributed by atoms with Crippen LogP contribution in [-0.2, 0) is 12.8 Å². The van der Waals surface area contributed by atoms with Gasteiger partial charge in [0, 0.05) is 4.83 Å². The second-order valence-corrected chi connectivity index (χ2v) is 6.30. The van der Waals surface area contributed by atoms with E-state index in [9.17, 15) is 0 Å². The molecule has 100 valence electrons. The third-order valence-electron chi connectivity index (χ3n) is 3.65. The van der Waals surface area contributed by atoms with Crippen molar-refractivity contribution in [3.8, 4) is 0 Å². The van der Waals surface area contributed by atoms with Gasteiger partial charge in [0.1, 0.15) is 0 Å². The lowest BCUT2D eigenvalue weighted by Gasteiger charge is -2.13. The molecule has 0 heterocycles. The summed E-state index contributed by atoms with van der Waals surface area (Å²) in [5.74, 6) is 0. The Bertz CT molecular complexity index is 540. The van der Waals surface area contributed by atoms with Gasteiger partial charge in [0.25, 0.3) is 0 Å². The van der Waals surface area contributed by atoms with Gasteiger partial charge in [-0.2, -0.15) is 0 Å². The smallest absolute Gasteiger partial charge is 0.0435 e. The van der Waals surface area contributed by atoms with E-state index >= 15 is 0 Å². The topological polar surface area (TPSA) is 0 Å². The Hall–Kier alpha value is -1.08. The molecule has 19 heavy (non-hydrogen) atoms. The highest BCUT2D eigenvalue weighted by atomic mass is 79.9. The van der Waals surface area contributed by atoms with E-state index in [1.807, 2.05) is 0 Å². The predicted molar refractivity (Wildman–Crippen MR) is 87.1 cm³/mol. The van der Waals surface area contributed by atoms with E-state index in [1.54, 1.807) is 0 Å². The number of benzene rings is 2. The van der Waals surface area contributed by atoms with Gasteiger partial charge >= 0.3 is 0 Å². The number of hydrogen-bond acceptors (Lipinski definition) is 0. The molecular weight excluding hydrogens is 296 g/mol. The average Bonchev–Trinajstić information content (AvgIpc) is 2.43. The summed E-state index contributed by atoms with van der Waals surface area (Å²) < 4.78 is 0. The molecule has 1 heteroatoms. The van der Waals surface area contributed by atoms with Gasteiger partial charge in [0.05, 0.1) is 0 Å². The first-order valence-electron chi connectivity index (χ1n) is 6.89. The maximum Gasteiger partial charge on any atom is 0.0435 e. The van der Waals surface area contributed by atoms with E-state index in [0.29, 0.717) is 4.83 Å². The van der Waals surface area contributed by atoms with Gasteiger partial charge in [-0.1, -0.05) is 70.9 Å². The van der Waals surface area contributed by atoms with Gasteiger partial charge in [-0.15, -0.1) is 0 Å². The van der Waals surface area contributed by atoms with Crippen molar-refractivity contribution in [2.75, 3.05) is 0 Å². The summed E-state index contributed by atoms with van der Waals surface area (Å²) in [6, 6.07) is 15.6. The van der Waals surface area contributed by atoms with Crippen molar-refractivity contribution in [3.63, 3.8) is 0 Å². The minimum absolute atomic E-state index is 0.388. The Morgan fingerprint density at radius 1 is 1.00 bits per heavy atom. The van der Waals surface area contributed by atoms with Crippen LogP contribution >= 0.6 is 15.9 Å². The minimum Gasteiger partial charge on any atom is -0.0835 e. The molecule has 0 N–H and O–H groups in total. The molecule has 2 aromatic rings. The first-order valence-corrected chi connectivity index (χ1v) is 7.80. The summed E-state index contributed by atoms with van der Waals surface area (Å²) in [5.41, 5.74) is 6.90. The number of rotatable bonds is 4. The summed E-state index contributed by atoms with van der Waals surface area (Å²) in [6.45, 7) is 6.54. The van der Waals surface area contributed by atoms with Crippen molar-refractivity contribution >= 4 is 15.9 Å². The van der Waals surface area contributed by atoms with E-state index in [2.05, 4.69) is 79.2 Å². The molecule has 0 spiro atoms. The summed E-state index contributed by atoms with van der Waals surface area (Å²) >= 11 is 3.83. The number of hydrogen-bond donors (Lipinski definition) is 0. The van der Waals surface area contributed by atoms with Crippen LogP contribution in [0, 0.1) is 13.8 Å². The summed E-state index contributed by atoms with van der Waals surface area (Å²) in [6.07, 6.45) is 2.14. The molecule has 0 radical (unpaired) electrons. The zero-order chi connectivity index (χ0) is 13.8. The predicted octanol–water partition coefficient (Wildman–Crippen LogP) is 5.54. The van der Waals surface area contributed by atoms with Crippen molar-refractivity contribution in [1.82, 2.24) is 0 Å². The van der Waals surface area contributed by atoms with Crippen LogP contribution in [0.5, 0.6) is 0 Å². The Kier molecular flexibility index (Phi) is 4.81. The molecule has 2 rings (SSSR count). The van der Waals surface area contributed by atoms with Gasteiger partial charge in [0.2, 0.25) is 0 Å². The number of aryl methyl sites for hydroxylation is 3. The summed E-state index contributed by atoms with van der Waals surface area (Å²) in [7, 11) is 0. The number of alkyl halides is 1. The van der Waals surface area contributed by atoms with Crippen LogP contribution in [0.1, 0.15) is 39.6 Å². The van der Waals surface area contributed by atoms with Crippen LogP contribution in [0.3, 0.4) is 0 Å². The largest absolute Gasteiger partial charge is 0.0835 e. The highest BCUT2D eigenvalue weighted by Crippen LogP contribution is 2.28. The van der Waals surface area contributed by atoms with Crippen molar-refractivity contribution < 1.29 is 0 Å². The molecule has 1 atom stereocenters. The molecule has 0 aliphatic heterocycles. The molecule has 0 fully saturated rings. The molecule has 0 nitrogen and oxygen atoms in total. The molecule has 2 aromatic carbocycles. The molecular formula is C18H21Br. The molecule has 0 aliphatic rings. The Labute approximate surface area is 125 Å². The SMILES string of the molecule is CCc1ccc(C(Br)Cc2cc(C)ccc2C)cc1. The summed E-state index contributed by atoms with van der Waals surface area (Å²) in [4.78, 5) is 0.388. The minimum atomic E-state index is 0.388. The quantitative estimate of drug-likeness (QED) is 0.649. The molecule has 0 saturated heterocycles. The van der Waals surface area contributed by atoms with Crippen molar-refractivity contribution in [1.29, 1.82) is 0 Å². The van der Waals surface area contributed by atoms with Gasteiger partial charge in [-0.25, -0.2) is 0 Å². The normalized spacial score (nSPS) is 12.4. The van der Waals surface area contributed by atoms with Crippen LogP contribution in [-0.4, -0.2) is 0 Å². The van der Waals surface area contributed by atoms with Crippen LogP contribution in [0.25, 0.3) is 0 Å². The molecule has 0 amide bonds. The van der Waals surface area contributed by atoms with Crippen LogP contribution in [0.4, 0.5) is 0 Å². The zero-order valence-electron chi connectivity index (χ0n) is 11.9. The standard InChI is InChI=1S/C18H21Br/c1-4-15-7-9-16(10-8-15)18(19)12-17-11-13(2)5-6-14(17)3/h5-11,18H,4,12H2,1-3H3. The van der Waals surface area contributed by atoms with Gasteiger partial charge in [-0.05, 0) is 48.9 Å². The lowest BCUT2D eigenvalue weighted by Crippen LogP contribution is -1.98. The highest BCUT2D eigenvalue weighted by molar-refractivity contribution is 9.09. The van der Waals surface area contributed by atoms with Crippen LogP contribution < -0.4 is 0 Å². The van der Waals surface area contributed by atoms with E-state index in [4.69, 9.17) is 0 Å². The average molecular weight is 317 g/mol. The fourth-order valence-electron chi connectivity index (χ4n) is 2.29. The molecule has 0 aliphatic carbocycles. The van der Waals surface area contributed by atoms with Gasteiger partial charge in [0.15, 0.2) is 0 Å². The fourth-order valence-corrected chi connectivity index (χ4v) is 2.95. The second-order valence-electron chi connectivity index (χ2n) is 5.20. The first kappa shape index (κ1) is 14.3. The number of halogens is 1. The molecule has 0 bridgehead atoms. The van der Waals surface area contributed by atoms with E-state index in [-0.39, 0.29) is 0 Å². The van der Waals surface area contributed by atoms with Crippen molar-refractivity contribution in [2.45, 2.75) is 38.4 Å². The van der Waals surface area contributed by atoms with E-state index in [0.717, 1.165) is 12.8 Å². The van der Waals surface area contributed by atoms with E-state index in [1.165, 1.54) is 27.8 Å². The van der Waals surface area contributed by atoms with Crippen molar-refractivity contribution in [2.24, 2.45) is 0 Å². The Balaban J connectivity index is 2.15. The Morgan fingerprint density at radius 2 is 1.68 bits per heavy atom. The Morgan fingerprint density at radius 3 is 2.32 bits per heavy atom. The highest BCUT2D eigenvalue weighted by Gasteiger charge is 2.10. The second kappa shape index (κ2) is 6.38. The third kappa shape index (κ3) is 3.70. The van der Waals surface area contributed by atoms with Crippen LogP contribution in [0.2, 0.25) is 0 Å². The maximum atomic E-state index is 3.83. The van der Waals surface area contributed by atoms with Crippen molar-refractivity contribution in [3.05, 3.63) is 70.3 Å². The lowest BCUT2D eigenvalue weighted by molar-refractivity contribution is 0.934. The fraction of sp³-hybridized carbons (Fsp3) is 0.333. The molecule has 0 saturated carbocycles. The van der Waals surface area contributed by atoms with Gasteiger partial charge < -0.3 is 0 Å². The monoisotopic (exact) mass is 316 g/mol. The third-order valence-corrected chi connectivity index (χ3v) is 4.51. The maximum absolute atomic E-state index is 3.83. The summed E-state index contributed by atoms with van der Waals surface area (Å²) in [5, 5.41) is 0.